The average Bonchev–Trinajstić information content (AvgIpc) is 1.68. The average molecular weight is 1210 g/mol. The van der Waals surface area contributed by atoms with Gasteiger partial charge in [-0.25, -0.2) is 0 Å². The molecule has 0 saturated carbocycles. The molecule has 0 saturated heterocycles. The topological polar surface area (TPSA) is 9.72 Å². The lowest BCUT2D eigenvalue weighted by atomic mass is 9.36. The number of thiophene rings is 1. The van der Waals surface area contributed by atoms with Crippen molar-refractivity contribution in [2.45, 2.75) is 194 Å². The van der Waals surface area contributed by atoms with Crippen LogP contribution in [-0.4, -0.2) is 6.71 Å². The summed E-state index contributed by atoms with van der Waals surface area (Å²) in [6.45, 7) is 43.8. The highest BCUT2D eigenvalue weighted by Gasteiger charge is 2.49. The van der Waals surface area contributed by atoms with E-state index in [9.17, 15) is 0 Å². The van der Waals surface area contributed by atoms with Crippen molar-refractivity contribution in [3.8, 4) is 22.3 Å². The first-order chi connectivity index (χ1) is 42.8. The Kier molecular flexibility index (Phi) is 12.2. The summed E-state index contributed by atoms with van der Waals surface area (Å²) in [6, 6.07) is 68.4. The van der Waals surface area contributed by atoms with Crippen LogP contribution in [0.1, 0.15) is 206 Å². The van der Waals surface area contributed by atoms with Gasteiger partial charge in [0.15, 0.2) is 0 Å². The molecule has 0 fully saturated rings. The van der Waals surface area contributed by atoms with Crippen molar-refractivity contribution in [2.24, 2.45) is 0 Å². The third-order valence-electron chi connectivity index (χ3n) is 23.5. The Hall–Kier alpha value is -7.60. The van der Waals surface area contributed by atoms with Gasteiger partial charge < -0.3 is 14.7 Å². The van der Waals surface area contributed by atoms with E-state index >= 15 is 0 Å². The lowest BCUT2D eigenvalue weighted by Gasteiger charge is -2.46. The second-order valence-electron chi connectivity index (χ2n) is 33.9. The first-order valence-electron chi connectivity index (χ1n) is 33.9. The van der Waals surface area contributed by atoms with Crippen LogP contribution in [0, 0.1) is 0 Å². The molecule has 91 heavy (non-hydrogen) atoms. The predicted molar refractivity (Wildman–Crippen MR) is 394 cm³/mol. The first kappa shape index (κ1) is 58.5. The molecule has 6 aliphatic rings. The monoisotopic (exact) mass is 1210 g/mol. The van der Waals surface area contributed by atoms with Gasteiger partial charge in [-0.05, 0) is 226 Å². The Bertz CT molecular complexity index is 4650. The quantitative estimate of drug-likeness (QED) is 0.159. The maximum absolute atomic E-state index is 2.79. The molecule has 0 spiro atoms. The second kappa shape index (κ2) is 19.0. The van der Waals surface area contributed by atoms with Gasteiger partial charge in [0.25, 0.3) is 6.71 Å². The first-order valence-corrected chi connectivity index (χ1v) is 34.8. The number of anilines is 9. The SMILES string of the molecule is CC(C)(C)c1ccc(N2c3ccc(C(C)(C)C)cc3B3c4sc5cc6c(cc5c4N(c4ccc5c(c4)C(C)(C)CCC5(C)C)c4cc(N(c5ccc7c(c5)C(C)(C)c5ccccc5-7)c5ccc7c(c5)C(C)(C)c5ccccc5-7)cc2c43)C(C)(C)CCC6(C)C)cc1. The standard InChI is InChI=1S/C86H90BN3S/c1-79(2,3)51-27-30-53(31-28-51)89-72-38-29-52(80(4,5)6)43-71(72)87-76-73(89)47-57(88(54-32-35-60-58-23-19-21-25-63(58)85(15,16)66(60)44-54)55-33-36-61-59-24-20-22-26-64(59)86(17,18)67(61)45-55)48-74(76)90(56-34-37-65-68(46-56)82(9,10)40-39-81(65,7)8)77-62-49-69-70(50-75(62)91-78(77)87)84(13,14)42-41-83(69,11)12/h19-38,43-50H,39-42H2,1-18H3. The molecule has 0 radical (unpaired) electrons. The van der Waals surface area contributed by atoms with E-state index in [0.717, 1.165) is 29.9 Å². The third-order valence-corrected chi connectivity index (χ3v) is 24.7. The van der Waals surface area contributed by atoms with Gasteiger partial charge in [-0.3, -0.25) is 0 Å². The van der Waals surface area contributed by atoms with Gasteiger partial charge in [-0.1, -0.05) is 216 Å². The Labute approximate surface area is 547 Å². The summed E-state index contributed by atoms with van der Waals surface area (Å²) in [4.78, 5) is 8.10. The lowest BCUT2D eigenvalue weighted by molar-refractivity contribution is 0.332. The molecule has 9 aromatic carbocycles. The Morgan fingerprint density at radius 3 is 1.41 bits per heavy atom. The van der Waals surface area contributed by atoms with Crippen molar-refractivity contribution in [1.82, 2.24) is 0 Å². The maximum Gasteiger partial charge on any atom is 0.264 e. The lowest BCUT2D eigenvalue weighted by Crippen LogP contribution is -2.60. The Balaban J connectivity index is 1.06. The van der Waals surface area contributed by atoms with E-state index in [1.807, 2.05) is 0 Å². The molecule has 0 N–H and O–H groups in total. The van der Waals surface area contributed by atoms with Gasteiger partial charge in [0, 0.05) is 65.5 Å². The molecule has 0 atom stereocenters. The van der Waals surface area contributed by atoms with Gasteiger partial charge in [0.05, 0.1) is 11.4 Å². The van der Waals surface area contributed by atoms with Crippen molar-refractivity contribution in [1.29, 1.82) is 0 Å². The minimum Gasteiger partial charge on any atom is -0.311 e. The minimum absolute atomic E-state index is 0.00813. The summed E-state index contributed by atoms with van der Waals surface area (Å²) in [5, 5.41) is 1.37. The van der Waals surface area contributed by atoms with E-state index in [-0.39, 0.29) is 50.0 Å². The van der Waals surface area contributed by atoms with Gasteiger partial charge >= 0.3 is 0 Å². The van der Waals surface area contributed by atoms with Gasteiger partial charge in [0.1, 0.15) is 0 Å². The molecule has 5 heteroatoms. The van der Waals surface area contributed by atoms with Crippen molar-refractivity contribution < 1.29 is 0 Å². The van der Waals surface area contributed by atoms with Crippen molar-refractivity contribution in [2.75, 3.05) is 14.7 Å². The molecule has 10 aromatic rings. The molecule has 4 aliphatic carbocycles. The van der Waals surface area contributed by atoms with E-state index in [1.165, 1.54) is 151 Å². The van der Waals surface area contributed by atoms with Crippen LogP contribution in [0.3, 0.4) is 0 Å². The fourth-order valence-corrected chi connectivity index (χ4v) is 18.9. The zero-order valence-electron chi connectivity index (χ0n) is 57.3. The Morgan fingerprint density at radius 1 is 0.385 bits per heavy atom. The van der Waals surface area contributed by atoms with Crippen LogP contribution in [0.15, 0.2) is 170 Å². The van der Waals surface area contributed by atoms with Crippen LogP contribution in [0.5, 0.6) is 0 Å². The van der Waals surface area contributed by atoms with Gasteiger partial charge in [-0.2, -0.15) is 0 Å². The largest absolute Gasteiger partial charge is 0.311 e. The fraction of sp³-hybridized carbons (Fsp3) is 0.349. The van der Waals surface area contributed by atoms with Crippen LogP contribution >= 0.6 is 11.3 Å². The van der Waals surface area contributed by atoms with Gasteiger partial charge in [0.2, 0.25) is 0 Å². The predicted octanol–water partition coefficient (Wildman–Crippen LogP) is 22.4. The molecule has 0 unspecified atom stereocenters. The Morgan fingerprint density at radius 2 is 0.857 bits per heavy atom. The number of nitrogens with zero attached hydrogens (tertiary/aromatic N) is 3. The summed E-state index contributed by atoms with van der Waals surface area (Å²) in [6.07, 6.45) is 4.64. The van der Waals surface area contributed by atoms with Crippen LogP contribution in [0.4, 0.5) is 51.2 Å². The molecule has 0 amide bonds. The minimum atomic E-state index is -0.207. The number of hydrogen-bond donors (Lipinski definition) is 0. The van der Waals surface area contributed by atoms with E-state index < -0.39 is 0 Å². The number of fused-ring (bicyclic) bond motifs is 14. The number of benzene rings is 9. The molecule has 458 valence electrons. The molecule has 3 heterocycles. The molecule has 2 aliphatic heterocycles. The summed E-state index contributed by atoms with van der Waals surface area (Å²) < 4.78 is 2.81. The highest BCUT2D eigenvalue weighted by molar-refractivity contribution is 7.33. The summed E-state index contributed by atoms with van der Waals surface area (Å²) >= 11 is 2.06. The van der Waals surface area contributed by atoms with Gasteiger partial charge in [-0.15, -0.1) is 11.3 Å². The van der Waals surface area contributed by atoms with E-state index in [2.05, 4.69) is 321 Å². The highest BCUT2D eigenvalue weighted by atomic mass is 32.1. The summed E-state index contributed by atoms with van der Waals surface area (Å²) in [7, 11) is 0. The van der Waals surface area contributed by atoms with E-state index in [4.69, 9.17) is 0 Å². The molecular formula is C86H90BN3S. The third kappa shape index (κ3) is 8.50. The molecule has 16 rings (SSSR count). The summed E-state index contributed by atoms with van der Waals surface area (Å²) in [5.41, 5.74) is 32.7. The zero-order valence-corrected chi connectivity index (χ0v) is 58.1. The van der Waals surface area contributed by atoms with Crippen LogP contribution in [-0.2, 0) is 43.3 Å². The van der Waals surface area contributed by atoms with E-state index in [0.29, 0.717) is 0 Å². The van der Waals surface area contributed by atoms with Crippen molar-refractivity contribution >= 4 is 95.0 Å². The smallest absolute Gasteiger partial charge is 0.264 e. The zero-order chi connectivity index (χ0) is 63.8. The van der Waals surface area contributed by atoms with Crippen LogP contribution in [0.2, 0.25) is 0 Å². The molecule has 0 bridgehead atoms. The fourth-order valence-electron chi connectivity index (χ4n) is 17.6. The van der Waals surface area contributed by atoms with Crippen molar-refractivity contribution in [3.05, 3.63) is 225 Å². The summed E-state index contributed by atoms with van der Waals surface area (Å²) in [5.74, 6) is 0. The normalized spacial score (nSPS) is 18.5. The molecule has 3 nitrogen and oxygen atoms in total. The maximum atomic E-state index is 2.79. The molecule has 1 aromatic heterocycles. The van der Waals surface area contributed by atoms with Crippen molar-refractivity contribution in [3.63, 3.8) is 0 Å². The van der Waals surface area contributed by atoms with Crippen LogP contribution in [0.25, 0.3) is 32.3 Å². The van der Waals surface area contributed by atoms with Crippen LogP contribution < -0.4 is 30.4 Å². The molecular weight excluding hydrogens is 1120 g/mol. The second-order valence-corrected chi connectivity index (χ2v) is 35.0. The number of rotatable bonds is 5. The van der Waals surface area contributed by atoms with E-state index in [1.54, 1.807) is 0 Å². The highest BCUT2D eigenvalue weighted by Crippen LogP contribution is 2.58. The number of hydrogen-bond acceptors (Lipinski definition) is 4.